The lowest BCUT2D eigenvalue weighted by Gasteiger charge is -2.05. The third kappa shape index (κ3) is 4.37. The number of thioether (sulfide) groups is 1. The third-order valence-electron chi connectivity index (χ3n) is 1.89. The predicted molar refractivity (Wildman–Crippen MR) is 64.8 cm³/mol. The molecule has 0 saturated heterocycles. The maximum atomic E-state index is 5.48. The van der Waals surface area contributed by atoms with E-state index in [1.54, 1.807) is 6.20 Å². The van der Waals surface area contributed by atoms with Crippen molar-refractivity contribution < 1.29 is 0 Å². The van der Waals surface area contributed by atoms with E-state index in [2.05, 4.69) is 16.6 Å². The molecule has 1 heterocycles. The second-order valence-corrected chi connectivity index (χ2v) is 4.08. The van der Waals surface area contributed by atoms with E-state index in [-0.39, 0.29) is 0 Å². The van der Waals surface area contributed by atoms with Crippen LogP contribution in [0.3, 0.4) is 0 Å². The molecule has 0 unspecified atom stereocenters. The van der Waals surface area contributed by atoms with E-state index in [0.29, 0.717) is 5.82 Å². The van der Waals surface area contributed by atoms with E-state index >= 15 is 0 Å². The summed E-state index contributed by atoms with van der Waals surface area (Å²) in [5.41, 5.74) is 6.52. The Balaban J connectivity index is 2.15. The van der Waals surface area contributed by atoms with Crippen LogP contribution in [-0.4, -0.2) is 23.5 Å². The molecule has 0 aliphatic heterocycles. The molecule has 0 atom stereocenters. The van der Waals surface area contributed by atoms with E-state index in [0.717, 1.165) is 12.2 Å². The van der Waals surface area contributed by atoms with Crippen LogP contribution in [-0.2, 0) is 0 Å². The van der Waals surface area contributed by atoms with Crippen LogP contribution < -0.4 is 11.1 Å². The van der Waals surface area contributed by atoms with Gasteiger partial charge in [0.05, 0.1) is 11.9 Å². The van der Waals surface area contributed by atoms with Crippen LogP contribution >= 0.6 is 11.8 Å². The Hall–Kier alpha value is -0.900. The molecule has 1 aromatic heterocycles. The fourth-order valence-electron chi connectivity index (χ4n) is 1.11. The van der Waals surface area contributed by atoms with Gasteiger partial charge in [-0.3, -0.25) is 0 Å². The van der Waals surface area contributed by atoms with Gasteiger partial charge in [-0.05, 0) is 37.0 Å². The normalized spacial score (nSPS) is 10.1. The molecular formula is C10H17N3S. The quantitative estimate of drug-likeness (QED) is 0.708. The van der Waals surface area contributed by atoms with Crippen molar-refractivity contribution in [2.45, 2.75) is 12.8 Å². The van der Waals surface area contributed by atoms with Gasteiger partial charge in [-0.25, -0.2) is 4.98 Å². The van der Waals surface area contributed by atoms with Gasteiger partial charge in [-0.15, -0.1) is 0 Å². The number of unbranched alkanes of at least 4 members (excludes halogenated alkanes) is 1. The molecule has 0 aromatic carbocycles. The van der Waals surface area contributed by atoms with Crippen LogP contribution in [0, 0.1) is 0 Å². The van der Waals surface area contributed by atoms with Gasteiger partial charge in [0.1, 0.15) is 5.82 Å². The number of nitrogens with two attached hydrogens (primary N) is 1. The van der Waals surface area contributed by atoms with Crippen LogP contribution in [0.2, 0.25) is 0 Å². The van der Waals surface area contributed by atoms with Crippen molar-refractivity contribution in [2.75, 3.05) is 29.6 Å². The smallest absolute Gasteiger partial charge is 0.123 e. The first kappa shape index (κ1) is 11.2. The highest BCUT2D eigenvalue weighted by Crippen LogP contribution is 2.07. The van der Waals surface area contributed by atoms with Crippen molar-refractivity contribution in [1.29, 1.82) is 0 Å². The Morgan fingerprint density at radius 1 is 1.43 bits per heavy atom. The first-order chi connectivity index (χ1) is 6.83. The molecule has 14 heavy (non-hydrogen) atoms. The van der Waals surface area contributed by atoms with Crippen molar-refractivity contribution in [3.63, 3.8) is 0 Å². The Morgan fingerprint density at radius 2 is 2.29 bits per heavy atom. The monoisotopic (exact) mass is 211 g/mol. The highest BCUT2D eigenvalue weighted by atomic mass is 32.2. The summed E-state index contributed by atoms with van der Waals surface area (Å²) in [7, 11) is 0. The number of hydrogen-bond donors (Lipinski definition) is 2. The molecule has 4 heteroatoms. The molecule has 78 valence electrons. The standard InChI is InChI=1S/C10H17N3S/c1-14-7-3-2-6-12-9-4-5-10(11)13-8-9/h4-5,8,12H,2-3,6-7H2,1H3,(H2,11,13). The Kier molecular flexibility index (Phi) is 5.22. The predicted octanol–water partition coefficient (Wildman–Crippen LogP) is 2.22. The van der Waals surface area contributed by atoms with Crippen molar-refractivity contribution in [3.05, 3.63) is 18.3 Å². The molecule has 3 nitrogen and oxygen atoms in total. The summed E-state index contributed by atoms with van der Waals surface area (Å²) in [4.78, 5) is 4.01. The zero-order valence-electron chi connectivity index (χ0n) is 8.49. The second kappa shape index (κ2) is 6.54. The maximum absolute atomic E-state index is 5.48. The van der Waals surface area contributed by atoms with E-state index in [4.69, 9.17) is 5.73 Å². The zero-order chi connectivity index (χ0) is 10.2. The first-order valence-corrected chi connectivity index (χ1v) is 6.16. The number of hydrogen-bond acceptors (Lipinski definition) is 4. The van der Waals surface area contributed by atoms with Gasteiger partial charge >= 0.3 is 0 Å². The van der Waals surface area contributed by atoms with Crippen LogP contribution in [0.5, 0.6) is 0 Å². The van der Waals surface area contributed by atoms with E-state index in [1.807, 2.05) is 23.9 Å². The van der Waals surface area contributed by atoms with Crippen LogP contribution in [0.4, 0.5) is 11.5 Å². The Bertz CT molecular complexity index is 248. The van der Waals surface area contributed by atoms with Gasteiger partial charge in [0.15, 0.2) is 0 Å². The zero-order valence-corrected chi connectivity index (χ0v) is 9.31. The highest BCUT2D eigenvalue weighted by molar-refractivity contribution is 7.98. The minimum atomic E-state index is 0.568. The first-order valence-electron chi connectivity index (χ1n) is 4.77. The molecular weight excluding hydrogens is 194 g/mol. The molecule has 0 aliphatic rings. The summed E-state index contributed by atoms with van der Waals surface area (Å²) in [5, 5.41) is 3.30. The number of rotatable bonds is 6. The number of nitrogens with one attached hydrogen (secondary N) is 1. The molecule has 3 N–H and O–H groups in total. The average Bonchev–Trinajstić information content (AvgIpc) is 2.21. The topological polar surface area (TPSA) is 50.9 Å². The summed E-state index contributed by atoms with van der Waals surface area (Å²) < 4.78 is 0. The van der Waals surface area contributed by atoms with E-state index in [1.165, 1.54) is 18.6 Å². The minimum Gasteiger partial charge on any atom is -0.384 e. The van der Waals surface area contributed by atoms with Crippen LogP contribution in [0.1, 0.15) is 12.8 Å². The van der Waals surface area contributed by atoms with E-state index < -0.39 is 0 Å². The number of anilines is 2. The Labute approximate surface area is 89.5 Å². The molecule has 0 fully saturated rings. The van der Waals surface area contributed by atoms with Gasteiger partial charge in [0.25, 0.3) is 0 Å². The molecule has 0 spiro atoms. The lowest BCUT2D eigenvalue weighted by Crippen LogP contribution is -2.02. The highest BCUT2D eigenvalue weighted by Gasteiger charge is 1.92. The van der Waals surface area contributed by atoms with Crippen molar-refractivity contribution in [2.24, 2.45) is 0 Å². The van der Waals surface area contributed by atoms with Crippen molar-refractivity contribution in [3.8, 4) is 0 Å². The molecule has 0 saturated carbocycles. The molecule has 1 aromatic rings. The summed E-state index contributed by atoms with van der Waals surface area (Å²) in [6.45, 7) is 1.01. The maximum Gasteiger partial charge on any atom is 0.123 e. The fraction of sp³-hybridized carbons (Fsp3) is 0.500. The van der Waals surface area contributed by atoms with Crippen molar-refractivity contribution in [1.82, 2.24) is 4.98 Å². The summed E-state index contributed by atoms with van der Waals surface area (Å²) in [6, 6.07) is 3.77. The number of nitrogen functional groups attached to an aromatic ring is 1. The molecule has 0 aliphatic carbocycles. The van der Waals surface area contributed by atoms with Crippen molar-refractivity contribution >= 4 is 23.3 Å². The van der Waals surface area contributed by atoms with Crippen LogP contribution in [0.25, 0.3) is 0 Å². The lowest BCUT2D eigenvalue weighted by atomic mass is 10.3. The molecule has 1 rings (SSSR count). The van der Waals surface area contributed by atoms with Gasteiger partial charge in [-0.2, -0.15) is 11.8 Å². The van der Waals surface area contributed by atoms with Gasteiger partial charge in [-0.1, -0.05) is 0 Å². The van der Waals surface area contributed by atoms with E-state index in [9.17, 15) is 0 Å². The van der Waals surface area contributed by atoms with Crippen LogP contribution in [0.15, 0.2) is 18.3 Å². The Morgan fingerprint density at radius 3 is 2.93 bits per heavy atom. The largest absolute Gasteiger partial charge is 0.384 e. The van der Waals surface area contributed by atoms with Gasteiger partial charge in [0, 0.05) is 6.54 Å². The number of nitrogens with zero attached hydrogens (tertiary/aromatic N) is 1. The number of aromatic nitrogens is 1. The number of pyridine rings is 1. The summed E-state index contributed by atoms with van der Waals surface area (Å²) in [5.74, 6) is 1.81. The van der Waals surface area contributed by atoms with Gasteiger partial charge in [0.2, 0.25) is 0 Å². The minimum absolute atomic E-state index is 0.568. The molecule has 0 amide bonds. The average molecular weight is 211 g/mol. The second-order valence-electron chi connectivity index (χ2n) is 3.10. The molecule has 0 radical (unpaired) electrons. The van der Waals surface area contributed by atoms with Gasteiger partial charge < -0.3 is 11.1 Å². The lowest BCUT2D eigenvalue weighted by molar-refractivity contribution is 0.843. The summed E-state index contributed by atoms with van der Waals surface area (Å²) in [6.07, 6.45) is 6.36. The fourth-order valence-corrected chi connectivity index (χ4v) is 1.61. The molecule has 0 bridgehead atoms. The summed E-state index contributed by atoms with van der Waals surface area (Å²) >= 11 is 1.89. The SMILES string of the molecule is CSCCCCNc1ccc(N)nc1. The third-order valence-corrected chi connectivity index (χ3v) is 2.59.